The molecule has 0 radical (unpaired) electrons. The summed E-state index contributed by atoms with van der Waals surface area (Å²) in [6, 6.07) is 14.4. The van der Waals surface area contributed by atoms with Crippen molar-refractivity contribution in [3.8, 4) is 0 Å². The van der Waals surface area contributed by atoms with Crippen LogP contribution in [0.5, 0.6) is 0 Å². The standard InChI is InChI=1S/C16H17FN2S/c1-2-19(15-8-6-14(17)7-9-15)11-12-4-3-5-13(10-12)16(18)20/h3-10H,2,11H2,1H3,(H2,18,20). The lowest BCUT2D eigenvalue weighted by atomic mass is 10.1. The van der Waals surface area contributed by atoms with E-state index < -0.39 is 0 Å². The third-order valence-electron chi connectivity index (χ3n) is 3.16. The highest BCUT2D eigenvalue weighted by molar-refractivity contribution is 7.80. The van der Waals surface area contributed by atoms with E-state index in [0.717, 1.165) is 29.9 Å². The topological polar surface area (TPSA) is 29.3 Å². The van der Waals surface area contributed by atoms with E-state index in [2.05, 4.69) is 11.8 Å². The number of nitrogens with zero attached hydrogens (tertiary/aromatic N) is 1. The summed E-state index contributed by atoms with van der Waals surface area (Å²) in [6.07, 6.45) is 0. The van der Waals surface area contributed by atoms with Gasteiger partial charge in [0.15, 0.2) is 0 Å². The first kappa shape index (κ1) is 14.5. The van der Waals surface area contributed by atoms with Crippen LogP contribution in [0, 0.1) is 5.82 Å². The van der Waals surface area contributed by atoms with E-state index in [4.69, 9.17) is 18.0 Å². The number of hydrogen-bond donors (Lipinski definition) is 1. The quantitative estimate of drug-likeness (QED) is 0.854. The Labute approximate surface area is 124 Å². The minimum absolute atomic E-state index is 0.222. The van der Waals surface area contributed by atoms with Crippen molar-refractivity contribution in [3.05, 3.63) is 65.5 Å². The molecule has 0 atom stereocenters. The molecule has 2 rings (SSSR count). The molecule has 0 spiro atoms. The predicted molar refractivity (Wildman–Crippen MR) is 85.5 cm³/mol. The molecule has 2 aromatic carbocycles. The molecule has 0 aliphatic heterocycles. The molecule has 0 fully saturated rings. The summed E-state index contributed by atoms with van der Waals surface area (Å²) in [7, 11) is 0. The Morgan fingerprint density at radius 2 is 1.90 bits per heavy atom. The van der Waals surface area contributed by atoms with E-state index in [9.17, 15) is 4.39 Å². The van der Waals surface area contributed by atoms with Crippen LogP contribution in [0.1, 0.15) is 18.1 Å². The zero-order chi connectivity index (χ0) is 14.5. The van der Waals surface area contributed by atoms with Crippen LogP contribution in [-0.4, -0.2) is 11.5 Å². The molecule has 0 heterocycles. The van der Waals surface area contributed by atoms with Crippen LogP contribution in [0.2, 0.25) is 0 Å². The van der Waals surface area contributed by atoms with Crippen molar-refractivity contribution in [2.24, 2.45) is 5.73 Å². The summed E-state index contributed by atoms with van der Waals surface area (Å²) in [5.74, 6) is -0.222. The van der Waals surface area contributed by atoms with Crippen molar-refractivity contribution >= 4 is 22.9 Å². The van der Waals surface area contributed by atoms with Gasteiger partial charge in [0, 0.05) is 24.3 Å². The Morgan fingerprint density at radius 3 is 2.50 bits per heavy atom. The van der Waals surface area contributed by atoms with Gasteiger partial charge in [-0.1, -0.05) is 30.4 Å². The third kappa shape index (κ3) is 3.54. The van der Waals surface area contributed by atoms with Gasteiger partial charge < -0.3 is 10.6 Å². The smallest absolute Gasteiger partial charge is 0.123 e. The van der Waals surface area contributed by atoms with Crippen LogP contribution >= 0.6 is 12.2 Å². The Balaban J connectivity index is 2.19. The monoisotopic (exact) mass is 288 g/mol. The van der Waals surface area contributed by atoms with E-state index in [1.54, 1.807) is 12.1 Å². The van der Waals surface area contributed by atoms with E-state index in [-0.39, 0.29) is 5.82 Å². The summed E-state index contributed by atoms with van der Waals surface area (Å²) in [5, 5.41) is 0. The average molecular weight is 288 g/mol. The van der Waals surface area contributed by atoms with Crippen molar-refractivity contribution in [2.75, 3.05) is 11.4 Å². The minimum Gasteiger partial charge on any atom is -0.389 e. The number of thiocarbonyl (C=S) groups is 1. The fourth-order valence-electron chi connectivity index (χ4n) is 2.08. The molecule has 4 heteroatoms. The number of anilines is 1. The lowest BCUT2D eigenvalue weighted by molar-refractivity contribution is 0.627. The highest BCUT2D eigenvalue weighted by Crippen LogP contribution is 2.18. The molecule has 0 aromatic heterocycles. The van der Waals surface area contributed by atoms with E-state index in [1.807, 2.05) is 24.3 Å². The molecule has 0 unspecified atom stereocenters. The van der Waals surface area contributed by atoms with Crippen LogP contribution in [0.3, 0.4) is 0 Å². The van der Waals surface area contributed by atoms with Gasteiger partial charge >= 0.3 is 0 Å². The van der Waals surface area contributed by atoms with E-state index >= 15 is 0 Å². The molecule has 0 saturated heterocycles. The summed E-state index contributed by atoms with van der Waals surface area (Å²) in [4.78, 5) is 2.56. The Hall–Kier alpha value is -1.94. The molecule has 0 amide bonds. The molecule has 104 valence electrons. The van der Waals surface area contributed by atoms with Gasteiger partial charge in [0.25, 0.3) is 0 Å². The van der Waals surface area contributed by atoms with Gasteiger partial charge in [-0.05, 0) is 42.8 Å². The lowest BCUT2D eigenvalue weighted by Gasteiger charge is -2.23. The number of hydrogen-bond acceptors (Lipinski definition) is 2. The van der Waals surface area contributed by atoms with Gasteiger partial charge in [0.2, 0.25) is 0 Å². The molecule has 2 nitrogen and oxygen atoms in total. The normalized spacial score (nSPS) is 10.3. The van der Waals surface area contributed by atoms with Crippen molar-refractivity contribution < 1.29 is 4.39 Å². The summed E-state index contributed by atoms with van der Waals surface area (Å²) >= 11 is 4.99. The van der Waals surface area contributed by atoms with Crippen molar-refractivity contribution in [1.29, 1.82) is 0 Å². The SMILES string of the molecule is CCN(Cc1cccc(C(N)=S)c1)c1ccc(F)cc1. The molecule has 2 aromatic rings. The highest BCUT2D eigenvalue weighted by atomic mass is 32.1. The fourth-order valence-corrected chi connectivity index (χ4v) is 2.21. The average Bonchev–Trinajstić information content (AvgIpc) is 2.46. The van der Waals surface area contributed by atoms with Gasteiger partial charge in [0.1, 0.15) is 10.8 Å². The van der Waals surface area contributed by atoms with Crippen LogP contribution in [0.4, 0.5) is 10.1 Å². The van der Waals surface area contributed by atoms with E-state index in [1.165, 1.54) is 12.1 Å². The second-order valence-corrected chi connectivity index (χ2v) is 5.00. The van der Waals surface area contributed by atoms with Crippen molar-refractivity contribution in [3.63, 3.8) is 0 Å². The largest absolute Gasteiger partial charge is 0.389 e. The van der Waals surface area contributed by atoms with Crippen LogP contribution in [0.15, 0.2) is 48.5 Å². The van der Waals surface area contributed by atoms with Crippen LogP contribution in [0.25, 0.3) is 0 Å². The van der Waals surface area contributed by atoms with Gasteiger partial charge in [-0.15, -0.1) is 0 Å². The molecular formula is C16H17FN2S. The summed E-state index contributed by atoms with van der Waals surface area (Å²) in [6.45, 7) is 3.64. The molecule has 0 saturated carbocycles. The Morgan fingerprint density at radius 1 is 1.20 bits per heavy atom. The Kier molecular flexibility index (Phi) is 4.69. The fraction of sp³-hybridized carbons (Fsp3) is 0.188. The van der Waals surface area contributed by atoms with Crippen LogP contribution < -0.4 is 10.6 Å². The van der Waals surface area contributed by atoms with E-state index in [0.29, 0.717) is 4.99 Å². The maximum Gasteiger partial charge on any atom is 0.123 e. The van der Waals surface area contributed by atoms with Crippen molar-refractivity contribution in [1.82, 2.24) is 0 Å². The predicted octanol–water partition coefficient (Wildman–Crippen LogP) is 3.49. The number of benzene rings is 2. The van der Waals surface area contributed by atoms with Crippen LogP contribution in [-0.2, 0) is 6.54 Å². The minimum atomic E-state index is -0.222. The number of rotatable bonds is 5. The number of halogens is 1. The van der Waals surface area contributed by atoms with Gasteiger partial charge in [-0.25, -0.2) is 4.39 Å². The summed E-state index contributed by atoms with van der Waals surface area (Å²) in [5.41, 5.74) is 8.64. The summed E-state index contributed by atoms with van der Waals surface area (Å²) < 4.78 is 13.0. The third-order valence-corrected chi connectivity index (χ3v) is 3.39. The maximum atomic E-state index is 13.0. The molecule has 2 N–H and O–H groups in total. The molecule has 0 bridgehead atoms. The Bertz CT molecular complexity index is 596. The second-order valence-electron chi connectivity index (χ2n) is 4.56. The van der Waals surface area contributed by atoms with Gasteiger partial charge in [-0.2, -0.15) is 0 Å². The van der Waals surface area contributed by atoms with Gasteiger partial charge in [-0.3, -0.25) is 0 Å². The maximum absolute atomic E-state index is 13.0. The second kappa shape index (κ2) is 6.48. The van der Waals surface area contributed by atoms with Crippen molar-refractivity contribution in [2.45, 2.75) is 13.5 Å². The molecule has 0 aliphatic carbocycles. The molecular weight excluding hydrogens is 271 g/mol. The van der Waals surface area contributed by atoms with Gasteiger partial charge in [0.05, 0.1) is 0 Å². The molecule has 0 aliphatic rings. The first-order chi connectivity index (χ1) is 9.60. The first-order valence-electron chi connectivity index (χ1n) is 6.49. The number of nitrogens with two attached hydrogens (primary N) is 1. The lowest BCUT2D eigenvalue weighted by Crippen LogP contribution is -2.22. The highest BCUT2D eigenvalue weighted by Gasteiger charge is 2.06. The first-order valence-corrected chi connectivity index (χ1v) is 6.90. The zero-order valence-corrected chi connectivity index (χ0v) is 12.2. The molecule has 20 heavy (non-hydrogen) atoms. The zero-order valence-electron chi connectivity index (χ0n) is 11.3.